The number of nitrogens with one attached hydrogen (secondary N) is 1. The van der Waals surface area contributed by atoms with E-state index in [2.05, 4.69) is 4.72 Å². The van der Waals surface area contributed by atoms with Crippen LogP contribution >= 0.6 is 0 Å². The summed E-state index contributed by atoms with van der Waals surface area (Å²) in [5.74, 6) is 0.853. The van der Waals surface area contributed by atoms with Crippen molar-refractivity contribution in [2.45, 2.75) is 44.4 Å². The Kier molecular flexibility index (Phi) is 7.83. The van der Waals surface area contributed by atoms with Gasteiger partial charge in [0.25, 0.3) is 0 Å². The molecule has 0 radical (unpaired) electrons. The molecule has 2 rings (SSSR count). The molecule has 2 N–H and O–H groups in total. The Balaban J connectivity index is 2.08. The number of sulfonamides is 1. The highest BCUT2D eigenvalue weighted by Crippen LogP contribution is 2.27. The van der Waals surface area contributed by atoms with Crippen LogP contribution in [0.25, 0.3) is 0 Å². The number of aliphatic hydroxyl groups excluding tert-OH is 1. The van der Waals surface area contributed by atoms with Gasteiger partial charge < -0.3 is 9.84 Å². The van der Waals surface area contributed by atoms with Crippen molar-refractivity contribution in [2.24, 2.45) is 0 Å². The molecule has 2 aromatic carbocycles. The minimum Gasteiger partial charge on any atom is -0.493 e. The molecule has 0 spiro atoms. The summed E-state index contributed by atoms with van der Waals surface area (Å²) in [7, 11) is -3.60. The normalized spacial score (nSPS) is 12.7. The lowest BCUT2D eigenvalue weighted by atomic mass is 9.93. The largest absolute Gasteiger partial charge is 0.493 e. The van der Waals surface area contributed by atoms with Crippen LogP contribution in [0.5, 0.6) is 5.75 Å². The van der Waals surface area contributed by atoms with E-state index in [1.165, 1.54) is 0 Å². The van der Waals surface area contributed by atoms with Crippen molar-refractivity contribution in [3.05, 3.63) is 59.2 Å². The molecule has 27 heavy (non-hydrogen) atoms. The van der Waals surface area contributed by atoms with E-state index in [4.69, 9.17) is 4.74 Å². The van der Waals surface area contributed by atoms with Crippen LogP contribution in [-0.4, -0.2) is 33.3 Å². The fourth-order valence-corrected chi connectivity index (χ4v) is 4.46. The van der Waals surface area contributed by atoms with Crippen LogP contribution in [0, 0.1) is 13.8 Å². The summed E-state index contributed by atoms with van der Waals surface area (Å²) in [4.78, 5) is 0.249. The van der Waals surface area contributed by atoms with Gasteiger partial charge in [-0.25, -0.2) is 13.1 Å². The number of aryl methyl sites for hydroxylation is 2. The second kappa shape index (κ2) is 9.88. The number of hydrogen-bond donors (Lipinski definition) is 2. The molecule has 0 aliphatic heterocycles. The monoisotopic (exact) mass is 391 g/mol. The minimum atomic E-state index is -3.60. The van der Waals surface area contributed by atoms with Crippen LogP contribution in [0.3, 0.4) is 0 Å². The van der Waals surface area contributed by atoms with E-state index in [1.807, 2.05) is 51.1 Å². The first-order valence-corrected chi connectivity index (χ1v) is 10.8. The molecule has 0 saturated carbocycles. The Labute approximate surface area is 162 Å². The topological polar surface area (TPSA) is 75.6 Å². The molecule has 0 aliphatic rings. The smallest absolute Gasteiger partial charge is 0.240 e. The van der Waals surface area contributed by atoms with E-state index in [0.29, 0.717) is 26.0 Å². The summed E-state index contributed by atoms with van der Waals surface area (Å²) in [5, 5.41) is 9.32. The molecule has 6 heteroatoms. The molecule has 5 nitrogen and oxygen atoms in total. The Morgan fingerprint density at radius 1 is 1.07 bits per heavy atom. The molecule has 0 fully saturated rings. The van der Waals surface area contributed by atoms with E-state index in [9.17, 15) is 13.5 Å². The minimum absolute atomic E-state index is 0.0730. The molecule has 0 saturated heterocycles. The molecule has 0 bridgehead atoms. The highest BCUT2D eigenvalue weighted by molar-refractivity contribution is 7.89. The van der Waals surface area contributed by atoms with Gasteiger partial charge in [0.2, 0.25) is 10.0 Å². The Bertz CT molecular complexity index is 812. The van der Waals surface area contributed by atoms with Crippen molar-refractivity contribution in [3.8, 4) is 5.75 Å². The van der Waals surface area contributed by atoms with E-state index in [1.54, 1.807) is 12.1 Å². The number of benzene rings is 2. The number of rotatable bonds is 10. The maximum absolute atomic E-state index is 12.7. The molecular formula is C21H29NO4S. The molecule has 0 aromatic heterocycles. The number of hydrogen-bond acceptors (Lipinski definition) is 4. The summed E-state index contributed by atoms with van der Waals surface area (Å²) in [5.41, 5.74) is 2.72. The van der Waals surface area contributed by atoms with Gasteiger partial charge in [0.15, 0.2) is 0 Å². The zero-order valence-electron chi connectivity index (χ0n) is 16.2. The van der Waals surface area contributed by atoms with Crippen LogP contribution in [0.2, 0.25) is 0 Å². The average molecular weight is 392 g/mol. The Hall–Kier alpha value is -1.89. The van der Waals surface area contributed by atoms with E-state index >= 15 is 0 Å². The lowest BCUT2D eigenvalue weighted by Crippen LogP contribution is -2.26. The lowest BCUT2D eigenvalue weighted by molar-refractivity contribution is 0.273. The Morgan fingerprint density at radius 3 is 2.26 bits per heavy atom. The summed E-state index contributed by atoms with van der Waals surface area (Å²) < 4.78 is 33.6. The van der Waals surface area contributed by atoms with Crippen molar-refractivity contribution < 1.29 is 18.3 Å². The van der Waals surface area contributed by atoms with Gasteiger partial charge in [0, 0.05) is 13.2 Å². The molecule has 0 amide bonds. The maximum Gasteiger partial charge on any atom is 0.240 e. The predicted molar refractivity (Wildman–Crippen MR) is 108 cm³/mol. The lowest BCUT2D eigenvalue weighted by Gasteiger charge is -2.17. The maximum atomic E-state index is 12.7. The van der Waals surface area contributed by atoms with Crippen molar-refractivity contribution in [1.82, 2.24) is 4.72 Å². The van der Waals surface area contributed by atoms with Crippen LogP contribution in [0.15, 0.2) is 47.4 Å². The number of aliphatic hydroxyl groups is 1. The third kappa shape index (κ3) is 5.79. The SMILES string of the molecule is CCOc1c(C)cc(S(=O)(=O)NCCC(CCO)c2ccccc2)cc1C. The van der Waals surface area contributed by atoms with E-state index in [-0.39, 0.29) is 17.4 Å². The molecule has 1 atom stereocenters. The second-order valence-corrected chi connectivity index (χ2v) is 8.39. The van der Waals surface area contributed by atoms with Gasteiger partial charge in [-0.15, -0.1) is 0 Å². The summed E-state index contributed by atoms with van der Waals surface area (Å²) in [6.07, 6.45) is 1.23. The van der Waals surface area contributed by atoms with E-state index < -0.39 is 10.0 Å². The van der Waals surface area contributed by atoms with Crippen molar-refractivity contribution in [2.75, 3.05) is 19.8 Å². The van der Waals surface area contributed by atoms with Gasteiger partial charge in [-0.1, -0.05) is 30.3 Å². The highest BCUT2D eigenvalue weighted by atomic mass is 32.2. The standard InChI is InChI=1S/C21H29NO4S/c1-4-26-21-16(2)14-20(15-17(21)3)27(24,25)22-12-10-19(11-13-23)18-8-6-5-7-9-18/h5-9,14-15,19,22-23H,4,10-13H2,1-3H3. The van der Waals surface area contributed by atoms with Crippen LogP contribution in [0.1, 0.15) is 42.4 Å². The first kappa shape index (κ1) is 21.4. The molecule has 2 aromatic rings. The quantitative estimate of drug-likeness (QED) is 0.650. The molecule has 0 heterocycles. The van der Waals surface area contributed by atoms with E-state index in [0.717, 1.165) is 22.4 Å². The zero-order valence-corrected chi connectivity index (χ0v) is 17.1. The van der Waals surface area contributed by atoms with Gasteiger partial charge in [0.1, 0.15) is 5.75 Å². The Morgan fingerprint density at radius 2 is 1.70 bits per heavy atom. The van der Waals surface area contributed by atoms with Crippen molar-refractivity contribution >= 4 is 10.0 Å². The van der Waals surface area contributed by atoms with Gasteiger partial charge >= 0.3 is 0 Å². The molecule has 1 unspecified atom stereocenters. The third-order valence-electron chi connectivity index (χ3n) is 4.57. The predicted octanol–water partition coefficient (Wildman–Crippen LogP) is 3.54. The highest BCUT2D eigenvalue weighted by Gasteiger charge is 2.18. The second-order valence-electron chi connectivity index (χ2n) is 6.63. The fourth-order valence-electron chi connectivity index (χ4n) is 3.25. The summed E-state index contributed by atoms with van der Waals surface area (Å²) in [6.45, 7) is 6.53. The fraction of sp³-hybridized carbons (Fsp3) is 0.429. The third-order valence-corrected chi connectivity index (χ3v) is 6.01. The van der Waals surface area contributed by atoms with Crippen LogP contribution in [0.4, 0.5) is 0 Å². The summed E-state index contributed by atoms with van der Waals surface area (Å²) >= 11 is 0. The van der Waals surface area contributed by atoms with Gasteiger partial charge in [-0.05, 0) is 68.4 Å². The van der Waals surface area contributed by atoms with Gasteiger partial charge in [0.05, 0.1) is 11.5 Å². The first-order chi connectivity index (χ1) is 12.9. The first-order valence-electron chi connectivity index (χ1n) is 9.28. The summed E-state index contributed by atoms with van der Waals surface area (Å²) in [6, 6.07) is 13.1. The average Bonchev–Trinajstić information content (AvgIpc) is 2.64. The van der Waals surface area contributed by atoms with Crippen LogP contribution < -0.4 is 9.46 Å². The molecule has 148 valence electrons. The number of ether oxygens (including phenoxy) is 1. The molecular weight excluding hydrogens is 362 g/mol. The molecule has 0 aliphatic carbocycles. The van der Waals surface area contributed by atoms with Gasteiger partial charge in [-0.3, -0.25) is 0 Å². The zero-order chi connectivity index (χ0) is 19.9. The van der Waals surface area contributed by atoms with Crippen molar-refractivity contribution in [3.63, 3.8) is 0 Å². The van der Waals surface area contributed by atoms with Crippen molar-refractivity contribution in [1.29, 1.82) is 0 Å². The van der Waals surface area contributed by atoms with Crippen LogP contribution in [-0.2, 0) is 10.0 Å². The van der Waals surface area contributed by atoms with Gasteiger partial charge in [-0.2, -0.15) is 0 Å².